The molecule has 2 atom stereocenters. The topological polar surface area (TPSA) is 54.0 Å². The minimum absolute atomic E-state index is 0.0109. The largest absolute Gasteiger partial charge is 0.349 e. The molecule has 2 N–H and O–H groups in total. The maximum absolute atomic E-state index is 13.2. The van der Waals surface area contributed by atoms with E-state index in [0.717, 1.165) is 23.0 Å². The number of aromatic nitrogens is 1. The number of fused-ring (bicyclic) bond motifs is 1. The summed E-state index contributed by atoms with van der Waals surface area (Å²) in [7, 11) is 0. The van der Waals surface area contributed by atoms with Crippen LogP contribution in [-0.2, 0) is 0 Å². The van der Waals surface area contributed by atoms with Crippen molar-refractivity contribution in [2.24, 2.45) is 5.92 Å². The Bertz CT molecular complexity index is 1020. The number of nitrogens with one attached hydrogen (secondary N) is 2. The lowest BCUT2D eigenvalue weighted by Gasteiger charge is -2.29. The summed E-state index contributed by atoms with van der Waals surface area (Å²) < 4.78 is 0. The van der Waals surface area contributed by atoms with E-state index in [1.807, 2.05) is 42.5 Å². The second kappa shape index (κ2) is 8.87. The van der Waals surface area contributed by atoms with Crippen LogP contribution in [-0.4, -0.2) is 23.2 Å². The maximum Gasteiger partial charge on any atom is 0.252 e. The van der Waals surface area contributed by atoms with Crippen LogP contribution in [0, 0.1) is 5.92 Å². The SMILES string of the molecule is CSc1cccc(Nc2cc(C(=O)N[C@@H]3CCCC[C@H]3C)c3ccccc3n2)c1. The van der Waals surface area contributed by atoms with E-state index in [0.29, 0.717) is 17.3 Å². The molecule has 1 heterocycles. The fourth-order valence-electron chi connectivity index (χ4n) is 4.05. The Kier molecular flexibility index (Phi) is 6.05. The Morgan fingerprint density at radius 3 is 2.72 bits per heavy atom. The van der Waals surface area contributed by atoms with Gasteiger partial charge < -0.3 is 10.6 Å². The van der Waals surface area contributed by atoms with Gasteiger partial charge >= 0.3 is 0 Å². The highest BCUT2D eigenvalue weighted by atomic mass is 32.2. The van der Waals surface area contributed by atoms with Gasteiger partial charge in [-0.1, -0.05) is 44.0 Å². The zero-order valence-corrected chi connectivity index (χ0v) is 17.8. The van der Waals surface area contributed by atoms with Crippen molar-refractivity contribution in [1.82, 2.24) is 10.3 Å². The van der Waals surface area contributed by atoms with Gasteiger partial charge in [-0.15, -0.1) is 11.8 Å². The fraction of sp³-hybridized carbons (Fsp3) is 0.333. The molecular weight excluding hydrogens is 378 g/mol. The van der Waals surface area contributed by atoms with Crippen LogP contribution in [0.15, 0.2) is 59.5 Å². The number of carbonyl (C=O) groups excluding carboxylic acids is 1. The summed E-state index contributed by atoms with van der Waals surface area (Å²) in [5.41, 5.74) is 2.46. The molecule has 1 saturated carbocycles. The first-order chi connectivity index (χ1) is 14.1. The van der Waals surface area contributed by atoms with Gasteiger partial charge in [0.25, 0.3) is 5.91 Å². The summed E-state index contributed by atoms with van der Waals surface area (Å²) in [6, 6.07) is 18.2. The van der Waals surface area contributed by atoms with Crippen molar-refractivity contribution in [3.05, 3.63) is 60.2 Å². The van der Waals surface area contributed by atoms with E-state index in [-0.39, 0.29) is 11.9 Å². The molecule has 3 aromatic rings. The Balaban J connectivity index is 1.66. The van der Waals surface area contributed by atoms with Crippen molar-refractivity contribution in [2.45, 2.75) is 43.5 Å². The molecule has 1 amide bonds. The Labute approximate surface area is 176 Å². The van der Waals surface area contributed by atoms with Crippen LogP contribution in [0.3, 0.4) is 0 Å². The molecule has 0 radical (unpaired) electrons. The number of pyridine rings is 1. The molecule has 1 aliphatic carbocycles. The highest BCUT2D eigenvalue weighted by molar-refractivity contribution is 7.98. The van der Waals surface area contributed by atoms with E-state index >= 15 is 0 Å². The van der Waals surface area contributed by atoms with Crippen LogP contribution >= 0.6 is 11.8 Å². The van der Waals surface area contributed by atoms with Crippen molar-refractivity contribution in [1.29, 1.82) is 0 Å². The first kappa shape index (κ1) is 19.8. The van der Waals surface area contributed by atoms with E-state index in [2.05, 4.69) is 35.9 Å². The molecule has 1 fully saturated rings. The molecule has 0 bridgehead atoms. The van der Waals surface area contributed by atoms with Crippen LogP contribution in [0.25, 0.3) is 10.9 Å². The van der Waals surface area contributed by atoms with Crippen molar-refractivity contribution in [2.75, 3.05) is 11.6 Å². The normalized spacial score (nSPS) is 19.1. The third kappa shape index (κ3) is 4.56. The number of benzene rings is 2. The van der Waals surface area contributed by atoms with Crippen LogP contribution in [0.2, 0.25) is 0 Å². The molecule has 2 aromatic carbocycles. The van der Waals surface area contributed by atoms with Crippen LogP contribution in [0.4, 0.5) is 11.5 Å². The number of nitrogens with zero attached hydrogens (tertiary/aromatic N) is 1. The number of hydrogen-bond acceptors (Lipinski definition) is 4. The monoisotopic (exact) mass is 405 g/mol. The second-order valence-corrected chi connectivity index (χ2v) is 8.65. The van der Waals surface area contributed by atoms with Crippen molar-refractivity contribution < 1.29 is 4.79 Å². The predicted molar refractivity (Wildman–Crippen MR) is 122 cm³/mol. The van der Waals surface area contributed by atoms with Crippen molar-refractivity contribution in [3.63, 3.8) is 0 Å². The van der Waals surface area contributed by atoms with E-state index in [4.69, 9.17) is 4.98 Å². The summed E-state index contributed by atoms with van der Waals surface area (Å²) in [6.45, 7) is 2.24. The molecule has 1 aliphatic rings. The maximum atomic E-state index is 13.2. The Morgan fingerprint density at radius 1 is 1.07 bits per heavy atom. The predicted octanol–water partition coefficient (Wildman–Crippen LogP) is 6.01. The lowest BCUT2D eigenvalue weighted by molar-refractivity contribution is 0.0912. The molecule has 150 valence electrons. The van der Waals surface area contributed by atoms with Gasteiger partial charge in [0.2, 0.25) is 0 Å². The molecule has 0 aliphatic heterocycles. The van der Waals surface area contributed by atoms with E-state index in [1.165, 1.54) is 24.2 Å². The quantitative estimate of drug-likeness (QED) is 0.511. The number of carbonyl (C=O) groups is 1. The fourth-order valence-corrected chi connectivity index (χ4v) is 4.51. The van der Waals surface area contributed by atoms with Gasteiger partial charge in [-0.05, 0) is 55.3 Å². The molecule has 0 saturated heterocycles. The zero-order chi connectivity index (χ0) is 20.2. The molecule has 0 spiro atoms. The van der Waals surface area contributed by atoms with E-state index in [9.17, 15) is 4.79 Å². The third-order valence-electron chi connectivity index (χ3n) is 5.73. The Hall–Kier alpha value is -2.53. The molecule has 0 unspecified atom stereocenters. The number of thioether (sulfide) groups is 1. The van der Waals surface area contributed by atoms with Gasteiger partial charge in [0.05, 0.1) is 11.1 Å². The summed E-state index contributed by atoms with van der Waals surface area (Å²) in [5, 5.41) is 7.55. The summed E-state index contributed by atoms with van der Waals surface area (Å²) in [4.78, 5) is 19.1. The van der Waals surface area contributed by atoms with Crippen LogP contribution in [0.1, 0.15) is 43.0 Å². The summed E-state index contributed by atoms with van der Waals surface area (Å²) in [6.07, 6.45) is 6.74. The minimum Gasteiger partial charge on any atom is -0.349 e. The van der Waals surface area contributed by atoms with Gasteiger partial charge in [0.15, 0.2) is 0 Å². The standard InChI is InChI=1S/C24H27N3OS/c1-16-8-3-5-12-21(16)27-24(28)20-15-23(26-22-13-6-4-11-19(20)22)25-17-9-7-10-18(14-17)29-2/h4,6-7,9-11,13-16,21H,3,5,8,12H2,1-2H3,(H,25,26)(H,27,28)/t16-,21-/m1/s1. The van der Waals surface area contributed by atoms with Crippen molar-refractivity contribution in [3.8, 4) is 0 Å². The average molecular weight is 406 g/mol. The van der Waals surface area contributed by atoms with Gasteiger partial charge in [0, 0.05) is 22.0 Å². The first-order valence-corrected chi connectivity index (χ1v) is 11.5. The summed E-state index contributed by atoms with van der Waals surface area (Å²) >= 11 is 1.70. The van der Waals surface area contributed by atoms with Crippen LogP contribution in [0.5, 0.6) is 0 Å². The third-order valence-corrected chi connectivity index (χ3v) is 6.46. The summed E-state index contributed by atoms with van der Waals surface area (Å²) in [5.74, 6) is 1.19. The molecule has 5 heteroatoms. The lowest BCUT2D eigenvalue weighted by Crippen LogP contribution is -2.41. The molecule has 1 aromatic heterocycles. The number of rotatable bonds is 5. The lowest BCUT2D eigenvalue weighted by atomic mass is 9.86. The van der Waals surface area contributed by atoms with E-state index in [1.54, 1.807) is 11.8 Å². The first-order valence-electron chi connectivity index (χ1n) is 10.3. The minimum atomic E-state index is -0.0109. The number of hydrogen-bond donors (Lipinski definition) is 2. The molecular formula is C24H27N3OS. The molecule has 4 nitrogen and oxygen atoms in total. The van der Waals surface area contributed by atoms with Crippen molar-refractivity contribution >= 4 is 40.1 Å². The van der Waals surface area contributed by atoms with Crippen LogP contribution < -0.4 is 10.6 Å². The van der Waals surface area contributed by atoms with Gasteiger partial charge in [-0.2, -0.15) is 0 Å². The highest BCUT2D eigenvalue weighted by Crippen LogP contribution is 2.27. The Morgan fingerprint density at radius 2 is 1.90 bits per heavy atom. The zero-order valence-electron chi connectivity index (χ0n) is 16.9. The van der Waals surface area contributed by atoms with E-state index < -0.39 is 0 Å². The molecule has 4 rings (SSSR count). The molecule has 29 heavy (non-hydrogen) atoms. The number of para-hydroxylation sites is 1. The van der Waals surface area contributed by atoms with Gasteiger partial charge in [-0.25, -0.2) is 4.98 Å². The smallest absolute Gasteiger partial charge is 0.252 e. The second-order valence-electron chi connectivity index (χ2n) is 7.77. The number of amides is 1. The van der Waals surface area contributed by atoms with Gasteiger partial charge in [0.1, 0.15) is 5.82 Å². The average Bonchev–Trinajstić information content (AvgIpc) is 2.75. The highest BCUT2D eigenvalue weighted by Gasteiger charge is 2.24. The van der Waals surface area contributed by atoms with Gasteiger partial charge in [-0.3, -0.25) is 4.79 Å². The number of anilines is 2.